The predicted molar refractivity (Wildman–Crippen MR) is 72.7 cm³/mol. The summed E-state index contributed by atoms with van der Waals surface area (Å²) in [5.74, 6) is -0.535. The van der Waals surface area contributed by atoms with Crippen molar-refractivity contribution >= 4 is 15.9 Å². The Balaban J connectivity index is 2.17. The van der Waals surface area contributed by atoms with Crippen LogP contribution in [0.4, 0.5) is 13.2 Å². The number of nitrogens with one attached hydrogen (secondary N) is 2. The van der Waals surface area contributed by atoms with Crippen molar-refractivity contribution < 1.29 is 30.8 Å². The van der Waals surface area contributed by atoms with E-state index in [0.717, 1.165) is 18.2 Å². The molecule has 0 saturated heterocycles. The molecule has 1 aromatic heterocycles. The number of benzene rings is 1. The first-order valence-electron chi connectivity index (χ1n) is 6.15. The molecule has 2 N–H and O–H groups in total. The molecule has 0 aliphatic rings. The summed E-state index contributed by atoms with van der Waals surface area (Å²) in [6.07, 6.45) is -3.44. The highest BCUT2D eigenvalue weighted by molar-refractivity contribution is 7.89. The first-order chi connectivity index (χ1) is 10.6. The molecule has 6 nitrogen and oxygen atoms in total. The maximum Gasteiger partial charge on any atom is 0.416 e. The largest absolute Gasteiger partial charge is 0.469 e. The number of hydrogen-bond donors (Lipinski definition) is 2. The van der Waals surface area contributed by atoms with Gasteiger partial charge in [0.05, 0.1) is 22.3 Å². The zero-order valence-corrected chi connectivity index (χ0v) is 12.5. The minimum Gasteiger partial charge on any atom is -0.469 e. The molecule has 1 heterocycles. The molecule has 0 saturated carbocycles. The number of aryl methyl sites for hydroxylation is 1. The van der Waals surface area contributed by atoms with Crippen molar-refractivity contribution in [2.45, 2.75) is 18.0 Å². The number of halogens is 3. The molecule has 0 unspecified atom stereocenters. The lowest BCUT2D eigenvalue weighted by Gasteiger charge is -2.11. The van der Waals surface area contributed by atoms with Crippen LogP contribution in [0.1, 0.15) is 21.7 Å². The predicted octanol–water partition coefficient (Wildman–Crippen LogP) is 2.23. The average molecular weight is 348 g/mol. The molecule has 1 amide bonds. The minimum absolute atomic E-state index is 0.0942. The summed E-state index contributed by atoms with van der Waals surface area (Å²) in [4.78, 5) is 12.9. The third-order valence-corrected chi connectivity index (χ3v) is 4.12. The molecule has 2 rings (SSSR count). The van der Waals surface area contributed by atoms with Gasteiger partial charge >= 0.3 is 6.18 Å². The molecule has 0 radical (unpaired) electrons. The summed E-state index contributed by atoms with van der Waals surface area (Å²) in [6, 6.07) is 4.47. The fraction of sp³-hybridized carbons (Fsp3) is 0.154. The first kappa shape index (κ1) is 17.0. The van der Waals surface area contributed by atoms with E-state index in [1.54, 1.807) is 4.83 Å². The Morgan fingerprint density at radius 2 is 1.91 bits per heavy atom. The topological polar surface area (TPSA) is 88.4 Å². The molecule has 0 spiro atoms. The highest BCUT2D eigenvalue weighted by Gasteiger charge is 2.31. The van der Waals surface area contributed by atoms with E-state index in [1.807, 2.05) is 5.43 Å². The lowest BCUT2D eigenvalue weighted by molar-refractivity contribution is -0.137. The normalized spacial score (nSPS) is 12.2. The van der Waals surface area contributed by atoms with E-state index in [0.29, 0.717) is 6.07 Å². The maximum absolute atomic E-state index is 12.6. The lowest BCUT2D eigenvalue weighted by Crippen LogP contribution is -2.41. The van der Waals surface area contributed by atoms with Crippen molar-refractivity contribution in [3.8, 4) is 0 Å². The summed E-state index contributed by atoms with van der Waals surface area (Å²) in [7, 11) is -4.35. The van der Waals surface area contributed by atoms with Gasteiger partial charge in [0.15, 0.2) is 0 Å². The number of sulfonamides is 1. The van der Waals surface area contributed by atoms with E-state index >= 15 is 0 Å². The SMILES string of the molecule is Cc1occc1C(=O)NNS(=O)(=O)c1cccc(C(F)(F)F)c1. The molecular weight excluding hydrogens is 337 g/mol. The van der Waals surface area contributed by atoms with Gasteiger partial charge in [0.25, 0.3) is 15.9 Å². The first-order valence-corrected chi connectivity index (χ1v) is 7.63. The molecule has 0 atom stereocenters. The van der Waals surface area contributed by atoms with Crippen LogP contribution in [-0.4, -0.2) is 14.3 Å². The summed E-state index contributed by atoms with van der Waals surface area (Å²) >= 11 is 0. The average Bonchev–Trinajstić information content (AvgIpc) is 2.90. The number of furan rings is 1. The Morgan fingerprint density at radius 3 is 2.48 bits per heavy atom. The Kier molecular flexibility index (Phi) is 4.48. The van der Waals surface area contributed by atoms with Gasteiger partial charge in [0.2, 0.25) is 0 Å². The zero-order valence-electron chi connectivity index (χ0n) is 11.6. The van der Waals surface area contributed by atoms with Crippen LogP contribution in [0.15, 0.2) is 45.9 Å². The van der Waals surface area contributed by atoms with Crippen molar-refractivity contribution in [3.05, 3.63) is 53.5 Å². The smallest absolute Gasteiger partial charge is 0.416 e. The Bertz CT molecular complexity index is 828. The van der Waals surface area contributed by atoms with Crippen LogP contribution in [0.25, 0.3) is 0 Å². The van der Waals surface area contributed by atoms with E-state index in [2.05, 4.69) is 0 Å². The highest BCUT2D eigenvalue weighted by atomic mass is 32.2. The van der Waals surface area contributed by atoms with E-state index in [1.165, 1.54) is 19.3 Å². The standard InChI is InChI=1S/C13H11F3N2O4S/c1-8-11(5-6-22-8)12(19)17-18-23(20,21)10-4-2-3-9(7-10)13(14,15)16/h2-7,18H,1H3,(H,17,19). The van der Waals surface area contributed by atoms with E-state index < -0.39 is 32.6 Å². The second kappa shape index (κ2) is 6.05. The second-order valence-electron chi connectivity index (χ2n) is 4.48. The number of carbonyl (C=O) groups is 1. The fourth-order valence-corrected chi connectivity index (χ4v) is 2.58. The molecule has 2 aromatic rings. The van der Waals surface area contributed by atoms with Crippen LogP contribution >= 0.6 is 0 Å². The van der Waals surface area contributed by atoms with Gasteiger partial charge in [0.1, 0.15) is 5.76 Å². The second-order valence-corrected chi connectivity index (χ2v) is 6.16. The Morgan fingerprint density at radius 1 is 1.22 bits per heavy atom. The summed E-state index contributed by atoms with van der Waals surface area (Å²) in [5, 5.41) is 0. The van der Waals surface area contributed by atoms with Gasteiger partial charge < -0.3 is 4.42 Å². The summed E-state index contributed by atoms with van der Waals surface area (Å²) < 4.78 is 66.6. The highest BCUT2D eigenvalue weighted by Crippen LogP contribution is 2.30. The van der Waals surface area contributed by atoms with Crippen molar-refractivity contribution in [1.82, 2.24) is 10.3 Å². The van der Waals surface area contributed by atoms with Gasteiger partial charge in [-0.05, 0) is 31.2 Å². The molecule has 0 bridgehead atoms. The molecule has 10 heteroatoms. The molecular formula is C13H11F3N2O4S. The van der Waals surface area contributed by atoms with Gasteiger partial charge in [-0.1, -0.05) is 6.07 Å². The van der Waals surface area contributed by atoms with Crippen LogP contribution in [0.2, 0.25) is 0 Å². The number of amides is 1. The van der Waals surface area contributed by atoms with Gasteiger partial charge in [-0.3, -0.25) is 10.2 Å². The van der Waals surface area contributed by atoms with Gasteiger partial charge in [-0.25, -0.2) is 8.42 Å². The van der Waals surface area contributed by atoms with Crippen LogP contribution in [0.5, 0.6) is 0 Å². The van der Waals surface area contributed by atoms with Crippen LogP contribution in [-0.2, 0) is 16.2 Å². The fourth-order valence-electron chi connectivity index (χ4n) is 1.70. The quantitative estimate of drug-likeness (QED) is 0.830. The van der Waals surface area contributed by atoms with Crippen molar-refractivity contribution in [2.24, 2.45) is 0 Å². The van der Waals surface area contributed by atoms with Gasteiger partial charge in [0, 0.05) is 0 Å². The number of alkyl halides is 3. The third-order valence-electron chi connectivity index (χ3n) is 2.87. The van der Waals surface area contributed by atoms with Crippen molar-refractivity contribution in [1.29, 1.82) is 0 Å². The van der Waals surface area contributed by atoms with Crippen LogP contribution in [0.3, 0.4) is 0 Å². The molecule has 1 aromatic carbocycles. The van der Waals surface area contributed by atoms with E-state index in [-0.39, 0.29) is 11.3 Å². The number of rotatable bonds is 4. The zero-order chi connectivity index (χ0) is 17.3. The van der Waals surface area contributed by atoms with Gasteiger partial charge in [-0.15, -0.1) is 4.83 Å². The van der Waals surface area contributed by atoms with Crippen LogP contribution in [0, 0.1) is 6.92 Å². The Labute approximate surface area is 129 Å². The summed E-state index contributed by atoms with van der Waals surface area (Å²) in [6.45, 7) is 1.50. The molecule has 0 fully saturated rings. The lowest BCUT2D eigenvalue weighted by atomic mass is 10.2. The van der Waals surface area contributed by atoms with E-state index in [9.17, 15) is 26.4 Å². The molecule has 124 valence electrons. The third kappa shape index (κ3) is 3.90. The summed E-state index contributed by atoms with van der Waals surface area (Å²) in [5.41, 5.74) is 0.885. The Hall–Kier alpha value is -2.33. The maximum atomic E-state index is 12.6. The van der Waals surface area contributed by atoms with Crippen molar-refractivity contribution in [2.75, 3.05) is 0 Å². The number of hydrazine groups is 1. The van der Waals surface area contributed by atoms with E-state index in [4.69, 9.17) is 4.42 Å². The van der Waals surface area contributed by atoms with Crippen LogP contribution < -0.4 is 10.3 Å². The minimum atomic E-state index is -4.68. The number of carbonyl (C=O) groups excluding carboxylic acids is 1. The van der Waals surface area contributed by atoms with Gasteiger partial charge in [-0.2, -0.15) is 13.2 Å². The van der Waals surface area contributed by atoms with Crippen molar-refractivity contribution in [3.63, 3.8) is 0 Å². The number of hydrogen-bond acceptors (Lipinski definition) is 4. The molecule has 0 aliphatic carbocycles. The molecule has 23 heavy (non-hydrogen) atoms. The molecule has 0 aliphatic heterocycles. The monoisotopic (exact) mass is 348 g/mol.